The van der Waals surface area contributed by atoms with Crippen LogP contribution in [0.3, 0.4) is 0 Å². The second-order valence-corrected chi connectivity index (χ2v) is 7.54. The Labute approximate surface area is 167 Å². The number of ether oxygens (including phenoxy) is 1. The third-order valence-electron chi connectivity index (χ3n) is 4.59. The number of carbonyl (C=O) groups excluding carboxylic acids is 2. The van der Waals surface area contributed by atoms with Gasteiger partial charge in [0.15, 0.2) is 6.10 Å². The highest BCUT2D eigenvalue weighted by Gasteiger charge is 2.26. The van der Waals surface area contributed by atoms with Crippen LogP contribution in [-0.2, 0) is 9.59 Å². The summed E-state index contributed by atoms with van der Waals surface area (Å²) in [5.41, 5.74) is 0.974. The van der Waals surface area contributed by atoms with Gasteiger partial charge < -0.3 is 15.0 Å². The first-order chi connectivity index (χ1) is 13.0. The van der Waals surface area contributed by atoms with Gasteiger partial charge in [-0.25, -0.2) is 0 Å². The molecule has 142 valence electrons. The van der Waals surface area contributed by atoms with Gasteiger partial charge in [-0.05, 0) is 43.2 Å². The highest BCUT2D eigenvalue weighted by molar-refractivity contribution is 9.10. The molecule has 27 heavy (non-hydrogen) atoms. The van der Waals surface area contributed by atoms with Crippen LogP contribution >= 0.6 is 15.9 Å². The number of nitrogens with one attached hydrogen (secondary N) is 1. The van der Waals surface area contributed by atoms with Gasteiger partial charge in [0, 0.05) is 24.0 Å². The molecule has 3 rings (SSSR count). The van der Waals surface area contributed by atoms with E-state index in [4.69, 9.17) is 4.74 Å². The minimum Gasteiger partial charge on any atom is -0.481 e. The molecule has 2 amide bonds. The molecule has 2 atom stereocenters. The number of halogens is 1. The molecule has 0 bridgehead atoms. The van der Waals surface area contributed by atoms with Crippen molar-refractivity contribution in [2.75, 3.05) is 13.1 Å². The molecule has 1 aliphatic heterocycles. The molecule has 0 spiro atoms. The van der Waals surface area contributed by atoms with Crippen LogP contribution in [0.25, 0.3) is 0 Å². The number of rotatable bonds is 7. The summed E-state index contributed by atoms with van der Waals surface area (Å²) < 4.78 is 6.70. The monoisotopic (exact) mass is 430 g/mol. The Kier molecular flexibility index (Phi) is 6.50. The molecular weight excluding hydrogens is 408 g/mol. The van der Waals surface area contributed by atoms with Crippen LogP contribution in [0, 0.1) is 0 Å². The molecular formula is C21H23BrN2O3. The number of hydrogen-bond acceptors (Lipinski definition) is 3. The first kappa shape index (κ1) is 19.4. The van der Waals surface area contributed by atoms with Gasteiger partial charge in [0.25, 0.3) is 5.91 Å². The molecule has 1 N–H and O–H groups in total. The van der Waals surface area contributed by atoms with Crippen molar-refractivity contribution < 1.29 is 14.3 Å². The zero-order valence-electron chi connectivity index (χ0n) is 15.2. The van der Waals surface area contributed by atoms with Crippen LogP contribution in [0.4, 0.5) is 0 Å². The summed E-state index contributed by atoms with van der Waals surface area (Å²) in [4.78, 5) is 26.5. The Bertz CT molecular complexity index is 780. The average Bonchev–Trinajstić information content (AvgIpc) is 3.08. The summed E-state index contributed by atoms with van der Waals surface area (Å²) in [7, 11) is 0. The molecule has 0 aromatic heterocycles. The molecule has 2 aromatic rings. The summed E-state index contributed by atoms with van der Waals surface area (Å²) in [5, 5.41) is 3.05. The van der Waals surface area contributed by atoms with E-state index in [2.05, 4.69) is 21.2 Å². The summed E-state index contributed by atoms with van der Waals surface area (Å²) in [6.45, 7) is 2.93. The number of carbonyl (C=O) groups is 2. The van der Waals surface area contributed by atoms with Gasteiger partial charge in [0.1, 0.15) is 5.75 Å². The average molecular weight is 431 g/mol. The molecule has 1 aliphatic rings. The van der Waals surface area contributed by atoms with Gasteiger partial charge in [-0.15, -0.1) is 0 Å². The summed E-state index contributed by atoms with van der Waals surface area (Å²) in [6.07, 6.45) is 0.808. The maximum Gasteiger partial charge on any atom is 0.261 e. The second kappa shape index (κ2) is 9.04. The van der Waals surface area contributed by atoms with E-state index in [9.17, 15) is 9.59 Å². The van der Waals surface area contributed by atoms with Crippen molar-refractivity contribution in [2.45, 2.75) is 31.9 Å². The highest BCUT2D eigenvalue weighted by atomic mass is 79.9. The third kappa shape index (κ3) is 5.32. The van der Waals surface area contributed by atoms with Crippen LogP contribution in [0.5, 0.6) is 5.75 Å². The van der Waals surface area contributed by atoms with E-state index >= 15 is 0 Å². The van der Waals surface area contributed by atoms with E-state index in [0.29, 0.717) is 18.7 Å². The normalized spacial score (nSPS) is 16.1. The van der Waals surface area contributed by atoms with E-state index in [0.717, 1.165) is 23.0 Å². The van der Waals surface area contributed by atoms with Crippen molar-refractivity contribution in [3.63, 3.8) is 0 Å². The minimum absolute atomic E-state index is 0.143. The van der Waals surface area contributed by atoms with Gasteiger partial charge in [0.2, 0.25) is 5.91 Å². The van der Waals surface area contributed by atoms with Crippen LogP contribution in [0.2, 0.25) is 0 Å². The van der Waals surface area contributed by atoms with E-state index < -0.39 is 6.10 Å². The van der Waals surface area contributed by atoms with Gasteiger partial charge in [-0.3, -0.25) is 9.59 Å². The van der Waals surface area contributed by atoms with Crippen LogP contribution in [0.1, 0.15) is 31.4 Å². The standard InChI is InChI=1S/C21H23BrN2O3/c1-15(27-18-11-9-17(22)10-12-18)21(26)23-19(16-6-3-2-4-7-16)14-24-13-5-8-20(24)25/h2-4,6-7,9-12,15,19H,5,8,13-14H2,1H3,(H,23,26). The van der Waals surface area contributed by atoms with Crippen LogP contribution in [0.15, 0.2) is 59.1 Å². The lowest BCUT2D eigenvalue weighted by Gasteiger charge is -2.26. The quantitative estimate of drug-likeness (QED) is 0.728. The maximum atomic E-state index is 12.7. The van der Waals surface area contributed by atoms with Gasteiger partial charge >= 0.3 is 0 Å². The van der Waals surface area contributed by atoms with E-state index in [1.165, 1.54) is 0 Å². The molecule has 0 radical (unpaired) electrons. The Morgan fingerprint density at radius 3 is 2.52 bits per heavy atom. The Morgan fingerprint density at radius 2 is 1.89 bits per heavy atom. The topological polar surface area (TPSA) is 58.6 Å². The van der Waals surface area contributed by atoms with Crippen molar-refractivity contribution >= 4 is 27.7 Å². The number of nitrogens with zero attached hydrogens (tertiary/aromatic N) is 1. The predicted molar refractivity (Wildman–Crippen MR) is 107 cm³/mol. The van der Waals surface area contributed by atoms with Crippen molar-refractivity contribution in [1.29, 1.82) is 0 Å². The minimum atomic E-state index is -0.647. The van der Waals surface area contributed by atoms with Gasteiger partial charge in [-0.2, -0.15) is 0 Å². The molecule has 0 saturated carbocycles. The fourth-order valence-electron chi connectivity index (χ4n) is 3.10. The predicted octanol–water partition coefficient (Wildman–Crippen LogP) is 3.70. The maximum absolute atomic E-state index is 12.7. The number of benzene rings is 2. The fraction of sp³-hybridized carbons (Fsp3) is 0.333. The van der Waals surface area contributed by atoms with Crippen molar-refractivity contribution in [3.05, 3.63) is 64.6 Å². The Balaban J connectivity index is 1.67. The lowest BCUT2D eigenvalue weighted by Crippen LogP contribution is -2.43. The highest BCUT2D eigenvalue weighted by Crippen LogP contribution is 2.20. The molecule has 1 fully saturated rings. The van der Waals surface area contributed by atoms with E-state index in [1.807, 2.05) is 59.5 Å². The largest absolute Gasteiger partial charge is 0.481 e. The fourth-order valence-corrected chi connectivity index (χ4v) is 3.36. The second-order valence-electron chi connectivity index (χ2n) is 6.63. The van der Waals surface area contributed by atoms with Crippen molar-refractivity contribution in [2.24, 2.45) is 0 Å². The Hall–Kier alpha value is -2.34. The zero-order valence-corrected chi connectivity index (χ0v) is 16.8. The number of likely N-dealkylation sites (tertiary alicyclic amines) is 1. The van der Waals surface area contributed by atoms with E-state index in [1.54, 1.807) is 6.92 Å². The van der Waals surface area contributed by atoms with Gasteiger partial charge in [-0.1, -0.05) is 46.3 Å². The molecule has 5 nitrogen and oxygen atoms in total. The van der Waals surface area contributed by atoms with Gasteiger partial charge in [0.05, 0.1) is 6.04 Å². The van der Waals surface area contributed by atoms with Crippen molar-refractivity contribution in [3.8, 4) is 5.75 Å². The smallest absolute Gasteiger partial charge is 0.261 e. The number of amides is 2. The summed E-state index contributed by atoms with van der Waals surface area (Å²) in [6, 6.07) is 16.8. The molecule has 6 heteroatoms. The molecule has 2 aromatic carbocycles. The molecule has 2 unspecified atom stereocenters. The molecule has 1 saturated heterocycles. The number of hydrogen-bond donors (Lipinski definition) is 1. The zero-order chi connectivity index (χ0) is 19.2. The Morgan fingerprint density at radius 1 is 1.19 bits per heavy atom. The van der Waals surface area contributed by atoms with Crippen molar-refractivity contribution in [1.82, 2.24) is 10.2 Å². The molecule has 1 heterocycles. The lowest BCUT2D eigenvalue weighted by atomic mass is 10.1. The summed E-state index contributed by atoms with van der Waals surface area (Å²) >= 11 is 3.38. The molecule has 0 aliphatic carbocycles. The first-order valence-corrected chi connectivity index (χ1v) is 9.87. The summed E-state index contributed by atoms with van der Waals surface area (Å²) in [5.74, 6) is 0.564. The SMILES string of the molecule is CC(Oc1ccc(Br)cc1)C(=O)NC(CN1CCCC1=O)c1ccccc1. The van der Waals surface area contributed by atoms with E-state index in [-0.39, 0.29) is 17.9 Å². The third-order valence-corrected chi connectivity index (χ3v) is 5.12. The van der Waals surface area contributed by atoms with Crippen LogP contribution in [-0.4, -0.2) is 35.9 Å². The first-order valence-electron chi connectivity index (χ1n) is 9.08. The van der Waals surface area contributed by atoms with Crippen LogP contribution < -0.4 is 10.1 Å². The lowest BCUT2D eigenvalue weighted by molar-refractivity contribution is -0.131.